The molecular formula is C20H26N2O3. The summed E-state index contributed by atoms with van der Waals surface area (Å²) in [5.74, 6) is 1.06. The fourth-order valence-corrected chi connectivity index (χ4v) is 4.22. The summed E-state index contributed by atoms with van der Waals surface area (Å²) < 4.78 is 11.8. The summed E-state index contributed by atoms with van der Waals surface area (Å²) in [6.07, 6.45) is 12.0. The minimum Gasteiger partial charge on any atom is -0.489 e. The largest absolute Gasteiger partial charge is 0.489 e. The molecule has 5 heteroatoms. The minimum absolute atomic E-state index is 0.139. The monoisotopic (exact) mass is 342 g/mol. The molecule has 3 heterocycles. The van der Waals surface area contributed by atoms with Crippen molar-refractivity contribution in [3.8, 4) is 5.75 Å². The van der Waals surface area contributed by atoms with E-state index in [2.05, 4.69) is 11.1 Å². The van der Waals surface area contributed by atoms with Crippen molar-refractivity contribution in [2.45, 2.75) is 44.6 Å². The lowest BCUT2D eigenvalue weighted by Crippen LogP contribution is -2.44. The maximum absolute atomic E-state index is 12.5. The summed E-state index contributed by atoms with van der Waals surface area (Å²) in [4.78, 5) is 18.6. The van der Waals surface area contributed by atoms with Crippen LogP contribution in [0.15, 0.2) is 36.2 Å². The van der Waals surface area contributed by atoms with Crippen LogP contribution < -0.4 is 4.74 Å². The summed E-state index contributed by atoms with van der Waals surface area (Å²) in [6.45, 7) is 3.08. The fourth-order valence-electron chi connectivity index (χ4n) is 4.22. The Morgan fingerprint density at radius 3 is 3.00 bits per heavy atom. The van der Waals surface area contributed by atoms with Crippen molar-refractivity contribution in [3.05, 3.63) is 36.2 Å². The van der Waals surface area contributed by atoms with Gasteiger partial charge in [-0.15, -0.1) is 0 Å². The SMILES string of the molecule is O=C(C1=CCCC1)N1CCC2(CC1)CO[C@H](COc1cccnc1)C2. The van der Waals surface area contributed by atoms with Gasteiger partial charge in [0, 0.05) is 24.9 Å². The topological polar surface area (TPSA) is 51.7 Å². The molecule has 0 unspecified atom stereocenters. The number of nitrogens with zero attached hydrogens (tertiary/aromatic N) is 2. The zero-order chi connectivity index (χ0) is 17.1. The van der Waals surface area contributed by atoms with Gasteiger partial charge in [0.15, 0.2) is 0 Å². The summed E-state index contributed by atoms with van der Waals surface area (Å²) in [7, 11) is 0. The van der Waals surface area contributed by atoms with Gasteiger partial charge in [0.05, 0.1) is 18.9 Å². The Morgan fingerprint density at radius 2 is 2.28 bits per heavy atom. The number of carbonyl (C=O) groups is 1. The van der Waals surface area contributed by atoms with E-state index in [0.717, 1.165) is 69.5 Å². The number of likely N-dealkylation sites (tertiary alicyclic amines) is 1. The molecule has 134 valence electrons. The molecule has 2 saturated heterocycles. The van der Waals surface area contributed by atoms with Crippen molar-refractivity contribution < 1.29 is 14.3 Å². The molecular weight excluding hydrogens is 316 g/mol. The highest BCUT2D eigenvalue weighted by molar-refractivity contribution is 5.93. The summed E-state index contributed by atoms with van der Waals surface area (Å²) in [5, 5.41) is 0. The van der Waals surface area contributed by atoms with Crippen LogP contribution in [0.2, 0.25) is 0 Å². The first-order valence-electron chi connectivity index (χ1n) is 9.37. The second-order valence-corrected chi connectivity index (χ2v) is 7.55. The number of pyridine rings is 1. The molecule has 25 heavy (non-hydrogen) atoms. The highest BCUT2D eigenvalue weighted by Gasteiger charge is 2.43. The summed E-state index contributed by atoms with van der Waals surface area (Å²) in [6, 6.07) is 3.79. The molecule has 1 spiro atoms. The van der Waals surface area contributed by atoms with Crippen LogP contribution in [0.25, 0.3) is 0 Å². The maximum atomic E-state index is 12.5. The zero-order valence-corrected chi connectivity index (χ0v) is 14.7. The lowest BCUT2D eigenvalue weighted by atomic mass is 9.76. The van der Waals surface area contributed by atoms with Crippen molar-refractivity contribution in [1.29, 1.82) is 0 Å². The average Bonchev–Trinajstić information content (AvgIpc) is 3.32. The average molecular weight is 342 g/mol. The van der Waals surface area contributed by atoms with Crippen molar-refractivity contribution >= 4 is 5.91 Å². The van der Waals surface area contributed by atoms with Crippen molar-refractivity contribution in [1.82, 2.24) is 9.88 Å². The van der Waals surface area contributed by atoms with E-state index < -0.39 is 0 Å². The zero-order valence-electron chi connectivity index (χ0n) is 14.7. The van der Waals surface area contributed by atoms with E-state index in [-0.39, 0.29) is 17.4 Å². The molecule has 0 saturated carbocycles. The Hall–Kier alpha value is -1.88. The number of ether oxygens (including phenoxy) is 2. The predicted octanol–water partition coefficient (Wildman–Crippen LogP) is 2.97. The van der Waals surface area contributed by atoms with Crippen molar-refractivity contribution in [2.75, 3.05) is 26.3 Å². The van der Waals surface area contributed by atoms with Gasteiger partial charge < -0.3 is 14.4 Å². The number of hydrogen-bond acceptors (Lipinski definition) is 4. The fraction of sp³-hybridized carbons (Fsp3) is 0.600. The van der Waals surface area contributed by atoms with Crippen LogP contribution in [-0.4, -0.2) is 48.2 Å². The normalized spacial score (nSPS) is 25.2. The molecule has 1 aromatic rings. The highest BCUT2D eigenvalue weighted by Crippen LogP contribution is 2.42. The second kappa shape index (κ2) is 7.16. The van der Waals surface area contributed by atoms with Gasteiger partial charge >= 0.3 is 0 Å². The molecule has 1 amide bonds. The van der Waals surface area contributed by atoms with Crippen LogP contribution >= 0.6 is 0 Å². The number of hydrogen-bond donors (Lipinski definition) is 0. The van der Waals surface area contributed by atoms with Gasteiger partial charge in [-0.1, -0.05) is 6.08 Å². The molecule has 0 aromatic carbocycles. The van der Waals surface area contributed by atoms with E-state index in [1.165, 1.54) is 0 Å². The molecule has 1 aliphatic carbocycles. The van der Waals surface area contributed by atoms with Gasteiger partial charge in [0.25, 0.3) is 0 Å². The predicted molar refractivity (Wildman–Crippen MR) is 94.3 cm³/mol. The lowest BCUT2D eigenvalue weighted by molar-refractivity contribution is -0.129. The van der Waals surface area contributed by atoms with E-state index in [1.54, 1.807) is 12.4 Å². The third kappa shape index (κ3) is 3.71. The van der Waals surface area contributed by atoms with Crippen LogP contribution in [0.1, 0.15) is 38.5 Å². The molecule has 1 atom stereocenters. The third-order valence-corrected chi connectivity index (χ3v) is 5.78. The van der Waals surface area contributed by atoms with Gasteiger partial charge in [0.2, 0.25) is 5.91 Å². The standard InChI is InChI=1S/C20H26N2O3/c23-19(16-4-1-2-5-16)22-10-7-20(8-11-22)12-18(25-15-20)14-24-17-6-3-9-21-13-17/h3-4,6,9,13,18H,1-2,5,7-8,10-12,14-15H2/t18-/m0/s1. The van der Waals surface area contributed by atoms with Gasteiger partial charge in [-0.2, -0.15) is 0 Å². The maximum Gasteiger partial charge on any atom is 0.249 e. The van der Waals surface area contributed by atoms with E-state index in [0.29, 0.717) is 6.61 Å². The number of piperidine rings is 1. The van der Waals surface area contributed by atoms with Gasteiger partial charge in [-0.25, -0.2) is 0 Å². The molecule has 1 aromatic heterocycles. The molecule has 3 aliphatic rings. The van der Waals surface area contributed by atoms with Crippen LogP contribution in [0, 0.1) is 5.41 Å². The van der Waals surface area contributed by atoms with E-state index >= 15 is 0 Å². The second-order valence-electron chi connectivity index (χ2n) is 7.55. The Balaban J connectivity index is 1.26. The Kier molecular flexibility index (Phi) is 4.75. The quantitative estimate of drug-likeness (QED) is 0.844. The summed E-state index contributed by atoms with van der Waals surface area (Å²) >= 11 is 0. The number of allylic oxidation sites excluding steroid dienone is 1. The molecule has 5 nitrogen and oxygen atoms in total. The minimum atomic E-state index is 0.139. The van der Waals surface area contributed by atoms with Gasteiger partial charge in [-0.05, 0) is 56.1 Å². The van der Waals surface area contributed by atoms with Crippen LogP contribution in [0.5, 0.6) is 5.75 Å². The molecule has 0 radical (unpaired) electrons. The first-order chi connectivity index (χ1) is 12.2. The first-order valence-corrected chi connectivity index (χ1v) is 9.37. The van der Waals surface area contributed by atoms with Gasteiger partial charge in [0.1, 0.15) is 12.4 Å². The lowest BCUT2D eigenvalue weighted by Gasteiger charge is -2.38. The summed E-state index contributed by atoms with van der Waals surface area (Å²) in [5.41, 5.74) is 1.26. The number of aromatic nitrogens is 1. The van der Waals surface area contributed by atoms with Crippen molar-refractivity contribution in [2.24, 2.45) is 5.41 Å². The Labute approximate surface area is 149 Å². The van der Waals surface area contributed by atoms with E-state index in [4.69, 9.17) is 9.47 Å². The third-order valence-electron chi connectivity index (χ3n) is 5.78. The molecule has 0 bridgehead atoms. The molecule has 2 aliphatic heterocycles. The smallest absolute Gasteiger partial charge is 0.249 e. The van der Waals surface area contributed by atoms with Crippen LogP contribution in [-0.2, 0) is 9.53 Å². The van der Waals surface area contributed by atoms with Crippen molar-refractivity contribution in [3.63, 3.8) is 0 Å². The molecule has 4 rings (SSSR count). The van der Waals surface area contributed by atoms with Gasteiger partial charge in [-0.3, -0.25) is 9.78 Å². The Morgan fingerprint density at radius 1 is 1.40 bits per heavy atom. The molecule has 2 fully saturated rings. The van der Waals surface area contributed by atoms with Crippen LogP contribution in [0.4, 0.5) is 0 Å². The van der Waals surface area contributed by atoms with E-state index in [1.807, 2.05) is 17.0 Å². The first kappa shape index (κ1) is 16.6. The highest BCUT2D eigenvalue weighted by atomic mass is 16.5. The Bertz CT molecular complexity index is 636. The number of amides is 1. The number of carbonyl (C=O) groups excluding carboxylic acids is 1. The van der Waals surface area contributed by atoms with Crippen LogP contribution in [0.3, 0.4) is 0 Å². The molecule has 0 N–H and O–H groups in total. The van der Waals surface area contributed by atoms with E-state index in [9.17, 15) is 4.79 Å². The number of rotatable bonds is 4.